The van der Waals surface area contributed by atoms with E-state index in [0.717, 1.165) is 73.2 Å². The summed E-state index contributed by atoms with van der Waals surface area (Å²) in [6.45, 7) is 8.41. The highest BCUT2D eigenvalue weighted by Crippen LogP contribution is 2.29. The highest BCUT2D eigenvalue weighted by atomic mass is 16.1. The summed E-state index contributed by atoms with van der Waals surface area (Å²) in [4.78, 5) is 14.1. The summed E-state index contributed by atoms with van der Waals surface area (Å²) in [5, 5.41) is 8.46. The molecule has 3 aromatic rings. The normalized spacial score (nSPS) is 12.7. The first-order valence-corrected chi connectivity index (χ1v) is 13.4. The van der Waals surface area contributed by atoms with Crippen LogP contribution >= 0.6 is 0 Å². The van der Waals surface area contributed by atoms with E-state index < -0.39 is 0 Å². The van der Waals surface area contributed by atoms with Crippen molar-refractivity contribution in [2.45, 2.75) is 78.7 Å². The van der Waals surface area contributed by atoms with Gasteiger partial charge in [0.2, 0.25) is 0 Å². The number of amides is 1. The Bertz CT molecular complexity index is 1140. The first kappa shape index (κ1) is 27.2. The van der Waals surface area contributed by atoms with E-state index in [0.29, 0.717) is 5.56 Å². The van der Waals surface area contributed by atoms with Gasteiger partial charge in [-0.1, -0.05) is 106 Å². The number of hydrogen-bond acceptors (Lipinski definition) is 2. The number of rotatable bonds is 13. The monoisotopic (exact) mass is 483 g/mol. The Hall–Kier alpha value is -3.40. The van der Waals surface area contributed by atoms with Crippen molar-refractivity contribution in [3.63, 3.8) is 0 Å². The van der Waals surface area contributed by atoms with Gasteiger partial charge in [0, 0.05) is 0 Å². The van der Waals surface area contributed by atoms with Crippen molar-refractivity contribution < 1.29 is 4.79 Å². The molecule has 36 heavy (non-hydrogen) atoms. The van der Waals surface area contributed by atoms with E-state index in [1.165, 1.54) is 0 Å². The third-order valence-corrected chi connectivity index (χ3v) is 6.53. The van der Waals surface area contributed by atoms with Crippen molar-refractivity contribution >= 4 is 11.5 Å². The van der Waals surface area contributed by atoms with Crippen LogP contribution in [0.1, 0.15) is 99.6 Å². The van der Waals surface area contributed by atoms with E-state index in [1.807, 2.05) is 61.0 Å². The van der Waals surface area contributed by atoms with Crippen LogP contribution in [0.25, 0.3) is 11.3 Å². The summed E-state index contributed by atoms with van der Waals surface area (Å²) in [6.07, 6.45) is 13.0. The van der Waals surface area contributed by atoms with Gasteiger partial charge in [-0.3, -0.25) is 4.79 Å². The Morgan fingerprint density at radius 1 is 0.972 bits per heavy atom. The molecule has 4 heteroatoms. The average Bonchev–Trinajstić information content (AvgIpc) is 3.29. The largest absolute Gasteiger partial charge is 0.345 e. The quantitative estimate of drug-likeness (QED) is 0.196. The maximum Gasteiger partial charge on any atom is 0.255 e. The molecule has 1 heterocycles. The Kier molecular flexibility index (Phi) is 10.7. The number of hydrogen-bond donors (Lipinski definition) is 1. The molecule has 1 N–H and O–H groups in total. The number of carbonyl (C=O) groups excluding carboxylic acids is 1. The van der Waals surface area contributed by atoms with Crippen LogP contribution in [-0.4, -0.2) is 15.7 Å². The van der Waals surface area contributed by atoms with Crippen LogP contribution < -0.4 is 5.32 Å². The van der Waals surface area contributed by atoms with Crippen LogP contribution in [0.4, 0.5) is 0 Å². The molecule has 0 bridgehead atoms. The Morgan fingerprint density at radius 3 is 2.28 bits per heavy atom. The second-order valence-electron chi connectivity index (χ2n) is 9.19. The van der Waals surface area contributed by atoms with Crippen molar-refractivity contribution in [3.8, 4) is 5.69 Å². The molecule has 1 atom stereocenters. The molecule has 1 amide bonds. The smallest absolute Gasteiger partial charge is 0.255 e. The molecule has 1 unspecified atom stereocenters. The van der Waals surface area contributed by atoms with E-state index in [1.54, 1.807) is 0 Å². The zero-order chi connectivity index (χ0) is 25.8. The molecule has 0 saturated heterocycles. The summed E-state index contributed by atoms with van der Waals surface area (Å²) in [5.41, 5.74) is 5.64. The SMILES string of the molecule is C/C=C\C/C(=C\C)c1nn(-c2ccccc2)c(CCC)c1C(=O)NC(CCCCC)c1ccccc1. The molecule has 0 aliphatic heterocycles. The molecule has 0 spiro atoms. The molecule has 4 nitrogen and oxygen atoms in total. The highest BCUT2D eigenvalue weighted by Gasteiger charge is 2.27. The van der Waals surface area contributed by atoms with E-state index in [-0.39, 0.29) is 11.9 Å². The van der Waals surface area contributed by atoms with Gasteiger partial charge in [0.05, 0.1) is 23.0 Å². The van der Waals surface area contributed by atoms with Crippen LogP contribution in [0, 0.1) is 0 Å². The number of unbranched alkanes of at least 4 members (excludes halogenated alkanes) is 2. The predicted octanol–water partition coefficient (Wildman–Crippen LogP) is 8.25. The lowest BCUT2D eigenvalue weighted by Gasteiger charge is -2.20. The lowest BCUT2D eigenvalue weighted by atomic mass is 9.97. The van der Waals surface area contributed by atoms with Gasteiger partial charge in [-0.15, -0.1) is 0 Å². The van der Waals surface area contributed by atoms with E-state index in [9.17, 15) is 4.79 Å². The molecular weight excluding hydrogens is 442 g/mol. The first-order chi connectivity index (χ1) is 17.6. The molecule has 0 radical (unpaired) electrons. The molecule has 0 aliphatic rings. The van der Waals surface area contributed by atoms with Crippen molar-refractivity contribution in [1.29, 1.82) is 0 Å². The molecule has 0 fully saturated rings. The summed E-state index contributed by atoms with van der Waals surface area (Å²) in [5.74, 6) is -0.0409. The Balaban J connectivity index is 2.10. The van der Waals surface area contributed by atoms with Crippen molar-refractivity contribution in [2.24, 2.45) is 0 Å². The van der Waals surface area contributed by atoms with Gasteiger partial charge in [0.15, 0.2) is 0 Å². The van der Waals surface area contributed by atoms with Gasteiger partial charge in [-0.25, -0.2) is 4.68 Å². The molecule has 0 aliphatic carbocycles. The van der Waals surface area contributed by atoms with E-state index in [4.69, 9.17) is 5.10 Å². The van der Waals surface area contributed by atoms with Crippen molar-refractivity contribution in [3.05, 3.63) is 101 Å². The molecule has 0 saturated carbocycles. The van der Waals surface area contributed by atoms with Crippen LogP contribution in [0.15, 0.2) is 78.9 Å². The van der Waals surface area contributed by atoms with Gasteiger partial charge in [0.1, 0.15) is 5.69 Å². The van der Waals surface area contributed by atoms with E-state index in [2.05, 4.69) is 55.6 Å². The highest BCUT2D eigenvalue weighted by molar-refractivity contribution is 6.00. The third-order valence-electron chi connectivity index (χ3n) is 6.53. The summed E-state index contributed by atoms with van der Waals surface area (Å²) >= 11 is 0. The molecule has 190 valence electrons. The fourth-order valence-corrected chi connectivity index (χ4v) is 4.60. The fraction of sp³-hybridized carbons (Fsp3) is 0.375. The minimum atomic E-state index is -0.0409. The number of carbonyl (C=O) groups is 1. The second-order valence-corrected chi connectivity index (χ2v) is 9.19. The van der Waals surface area contributed by atoms with Gasteiger partial charge in [0.25, 0.3) is 5.91 Å². The van der Waals surface area contributed by atoms with E-state index >= 15 is 0 Å². The number of aromatic nitrogens is 2. The summed E-state index contributed by atoms with van der Waals surface area (Å²) in [7, 11) is 0. The molecule has 2 aromatic carbocycles. The minimum Gasteiger partial charge on any atom is -0.345 e. The Labute approximate surface area is 217 Å². The summed E-state index contributed by atoms with van der Waals surface area (Å²) < 4.78 is 1.97. The Morgan fingerprint density at radius 2 is 1.67 bits per heavy atom. The van der Waals surface area contributed by atoms with Gasteiger partial charge in [-0.05, 0) is 56.4 Å². The lowest BCUT2D eigenvalue weighted by Crippen LogP contribution is -2.30. The third kappa shape index (κ3) is 6.84. The fourth-order valence-electron chi connectivity index (χ4n) is 4.60. The lowest BCUT2D eigenvalue weighted by molar-refractivity contribution is 0.0932. The summed E-state index contributed by atoms with van der Waals surface area (Å²) in [6, 6.07) is 20.5. The van der Waals surface area contributed by atoms with Crippen LogP contribution in [-0.2, 0) is 6.42 Å². The zero-order valence-corrected chi connectivity index (χ0v) is 22.3. The van der Waals surface area contributed by atoms with Crippen molar-refractivity contribution in [1.82, 2.24) is 15.1 Å². The number of nitrogens with zero attached hydrogens (tertiary/aromatic N) is 2. The number of para-hydroxylation sites is 1. The predicted molar refractivity (Wildman–Crippen MR) is 151 cm³/mol. The van der Waals surface area contributed by atoms with Gasteiger partial charge >= 0.3 is 0 Å². The van der Waals surface area contributed by atoms with Crippen LogP contribution in [0.5, 0.6) is 0 Å². The number of allylic oxidation sites excluding steroid dienone is 4. The average molecular weight is 484 g/mol. The van der Waals surface area contributed by atoms with Crippen LogP contribution in [0.2, 0.25) is 0 Å². The maximum absolute atomic E-state index is 14.1. The maximum atomic E-state index is 14.1. The van der Waals surface area contributed by atoms with Gasteiger partial charge in [-0.2, -0.15) is 5.10 Å². The van der Waals surface area contributed by atoms with Gasteiger partial charge < -0.3 is 5.32 Å². The molecule has 1 aromatic heterocycles. The van der Waals surface area contributed by atoms with Crippen LogP contribution in [0.3, 0.4) is 0 Å². The standard InChI is InChI=1S/C32H41N3O/c1-5-9-13-24-28(26-20-14-11-15-21-26)33-32(36)30-29(18-7-3)35(27-22-16-12-17-23-27)34-31(30)25(8-4)19-10-6-2/h6,8,10-12,14-17,20-23,28H,5,7,9,13,18-19,24H2,1-4H3,(H,33,36)/b10-6-,25-8+. The number of benzene rings is 2. The first-order valence-electron chi connectivity index (χ1n) is 13.4. The number of nitrogens with one attached hydrogen (secondary N) is 1. The second kappa shape index (κ2) is 14.2. The topological polar surface area (TPSA) is 46.9 Å². The molecule has 3 rings (SSSR count). The minimum absolute atomic E-state index is 0.0303. The van der Waals surface area contributed by atoms with Crippen molar-refractivity contribution in [2.75, 3.05) is 0 Å². The molecular formula is C32H41N3O. The zero-order valence-electron chi connectivity index (χ0n) is 22.3.